The second-order valence-electron chi connectivity index (χ2n) is 6.57. The molecule has 0 saturated heterocycles. The van der Waals surface area contributed by atoms with E-state index in [9.17, 15) is 4.79 Å². The smallest absolute Gasteiger partial charge is 0.293 e. The third-order valence-corrected chi connectivity index (χ3v) is 5.65. The zero-order chi connectivity index (χ0) is 21.0. The van der Waals surface area contributed by atoms with E-state index in [-0.39, 0.29) is 10.9 Å². The lowest BCUT2D eigenvalue weighted by Gasteiger charge is -2.16. The highest BCUT2D eigenvalue weighted by Crippen LogP contribution is 2.34. The van der Waals surface area contributed by atoms with Crippen LogP contribution < -0.4 is 10.6 Å². The molecule has 3 aromatic rings. The van der Waals surface area contributed by atoms with Crippen molar-refractivity contribution in [1.82, 2.24) is 5.32 Å². The molecular formula is C22H20Cl2N2O2S. The first-order valence-corrected chi connectivity index (χ1v) is 10.3. The van der Waals surface area contributed by atoms with Crippen LogP contribution in [0.4, 0.5) is 5.69 Å². The number of halogens is 2. The molecule has 1 heterocycles. The first kappa shape index (κ1) is 21.4. The van der Waals surface area contributed by atoms with Crippen LogP contribution in [0.1, 0.15) is 42.3 Å². The molecule has 4 nitrogen and oxygen atoms in total. The highest BCUT2D eigenvalue weighted by molar-refractivity contribution is 7.80. The molecule has 0 fully saturated rings. The van der Waals surface area contributed by atoms with Crippen molar-refractivity contribution in [3.05, 3.63) is 76.0 Å². The van der Waals surface area contributed by atoms with E-state index in [1.165, 1.54) is 0 Å². The molecular weight excluding hydrogens is 427 g/mol. The quantitative estimate of drug-likeness (QED) is 0.418. The SMILES string of the molecule is CC[C@@H](C)c1ccccc1NC(=S)NC(=O)c1ccc(-c2cccc(Cl)c2Cl)o1. The van der Waals surface area contributed by atoms with E-state index >= 15 is 0 Å². The van der Waals surface area contributed by atoms with Gasteiger partial charge in [-0.05, 0) is 60.5 Å². The topological polar surface area (TPSA) is 54.3 Å². The van der Waals surface area contributed by atoms with E-state index in [1.54, 1.807) is 30.3 Å². The Balaban J connectivity index is 1.71. The highest BCUT2D eigenvalue weighted by atomic mass is 35.5. The molecule has 2 aromatic carbocycles. The predicted octanol–water partition coefficient (Wildman–Crippen LogP) is 6.89. The number of furan rings is 1. The Morgan fingerprint density at radius 3 is 2.62 bits per heavy atom. The van der Waals surface area contributed by atoms with Gasteiger partial charge in [0.15, 0.2) is 10.9 Å². The summed E-state index contributed by atoms with van der Waals surface area (Å²) in [5.41, 5.74) is 2.63. The molecule has 0 spiro atoms. The Hall–Kier alpha value is -2.34. The summed E-state index contributed by atoms with van der Waals surface area (Å²) in [6.45, 7) is 4.27. The molecule has 0 aliphatic heterocycles. The van der Waals surface area contributed by atoms with Gasteiger partial charge >= 0.3 is 0 Å². The average molecular weight is 447 g/mol. The van der Waals surface area contributed by atoms with Gasteiger partial charge < -0.3 is 9.73 Å². The molecule has 0 radical (unpaired) electrons. The molecule has 0 aliphatic carbocycles. The van der Waals surface area contributed by atoms with Crippen LogP contribution in [0.5, 0.6) is 0 Å². The number of anilines is 1. The Kier molecular flexibility index (Phi) is 6.96. The number of carbonyl (C=O) groups excluding carboxylic acids is 1. The van der Waals surface area contributed by atoms with Crippen LogP contribution in [-0.2, 0) is 0 Å². The van der Waals surface area contributed by atoms with Crippen LogP contribution in [0.3, 0.4) is 0 Å². The number of hydrogen-bond donors (Lipinski definition) is 2. The first-order chi connectivity index (χ1) is 13.9. The van der Waals surface area contributed by atoms with E-state index in [0.717, 1.165) is 17.7 Å². The molecule has 0 aliphatic rings. The fraction of sp³-hybridized carbons (Fsp3) is 0.182. The summed E-state index contributed by atoms with van der Waals surface area (Å²) in [4.78, 5) is 12.5. The minimum atomic E-state index is -0.451. The van der Waals surface area contributed by atoms with Crippen LogP contribution >= 0.6 is 35.4 Å². The number of para-hydroxylation sites is 1. The zero-order valence-corrected chi connectivity index (χ0v) is 18.3. The van der Waals surface area contributed by atoms with Crippen molar-refractivity contribution in [2.45, 2.75) is 26.2 Å². The van der Waals surface area contributed by atoms with Crippen molar-refractivity contribution in [2.24, 2.45) is 0 Å². The van der Waals surface area contributed by atoms with Crippen molar-refractivity contribution >= 4 is 52.1 Å². The van der Waals surface area contributed by atoms with Gasteiger partial charge in [-0.3, -0.25) is 10.1 Å². The second-order valence-corrected chi connectivity index (χ2v) is 7.76. The Morgan fingerprint density at radius 2 is 1.86 bits per heavy atom. The summed E-state index contributed by atoms with van der Waals surface area (Å²) in [5.74, 6) is 0.485. The fourth-order valence-electron chi connectivity index (χ4n) is 2.88. The minimum Gasteiger partial charge on any atom is -0.451 e. The van der Waals surface area contributed by atoms with E-state index < -0.39 is 5.91 Å². The zero-order valence-electron chi connectivity index (χ0n) is 16.0. The summed E-state index contributed by atoms with van der Waals surface area (Å²) in [5, 5.41) is 6.73. The van der Waals surface area contributed by atoms with Gasteiger partial charge in [0.25, 0.3) is 5.91 Å². The number of nitrogens with one attached hydrogen (secondary N) is 2. The molecule has 3 rings (SSSR count). The largest absolute Gasteiger partial charge is 0.451 e. The summed E-state index contributed by atoms with van der Waals surface area (Å²) < 4.78 is 5.66. The molecule has 0 unspecified atom stereocenters. The molecule has 7 heteroatoms. The molecule has 29 heavy (non-hydrogen) atoms. The van der Waals surface area contributed by atoms with Crippen LogP contribution in [0.25, 0.3) is 11.3 Å². The fourth-order valence-corrected chi connectivity index (χ4v) is 3.47. The molecule has 0 saturated carbocycles. The minimum absolute atomic E-state index is 0.121. The maximum atomic E-state index is 12.5. The Labute approximate surface area is 185 Å². The molecule has 1 amide bonds. The number of rotatable bonds is 5. The Morgan fingerprint density at radius 1 is 1.10 bits per heavy atom. The van der Waals surface area contributed by atoms with Gasteiger partial charge in [-0.2, -0.15) is 0 Å². The number of hydrogen-bond acceptors (Lipinski definition) is 3. The predicted molar refractivity (Wildman–Crippen MR) is 123 cm³/mol. The van der Waals surface area contributed by atoms with E-state index in [0.29, 0.717) is 27.3 Å². The third-order valence-electron chi connectivity index (χ3n) is 4.63. The van der Waals surface area contributed by atoms with Crippen LogP contribution in [0.2, 0.25) is 10.0 Å². The lowest BCUT2D eigenvalue weighted by molar-refractivity contribution is 0.0951. The lowest BCUT2D eigenvalue weighted by Crippen LogP contribution is -2.34. The van der Waals surface area contributed by atoms with Crippen molar-refractivity contribution in [1.29, 1.82) is 0 Å². The average Bonchev–Trinajstić information content (AvgIpc) is 3.20. The van der Waals surface area contributed by atoms with Crippen LogP contribution in [0, 0.1) is 0 Å². The standard InChI is InChI=1S/C22H20Cl2N2O2S/c1-3-13(2)14-7-4-5-10-17(14)25-22(29)26-21(27)19-12-11-18(28-19)15-8-6-9-16(23)20(15)24/h4-13H,3H2,1-2H3,(H2,25,26,27,29)/t13-/m1/s1. The first-order valence-electron chi connectivity index (χ1n) is 9.16. The second kappa shape index (κ2) is 9.44. The van der Waals surface area contributed by atoms with Gasteiger partial charge in [0.1, 0.15) is 5.76 Å². The number of carbonyl (C=O) groups is 1. The van der Waals surface area contributed by atoms with E-state index in [2.05, 4.69) is 30.5 Å². The number of thiocarbonyl (C=S) groups is 1. The van der Waals surface area contributed by atoms with Crippen molar-refractivity contribution in [2.75, 3.05) is 5.32 Å². The van der Waals surface area contributed by atoms with Crippen molar-refractivity contribution in [3.63, 3.8) is 0 Å². The van der Waals surface area contributed by atoms with E-state index in [1.807, 2.05) is 18.2 Å². The van der Waals surface area contributed by atoms with Crippen molar-refractivity contribution in [3.8, 4) is 11.3 Å². The summed E-state index contributed by atoms with van der Waals surface area (Å²) in [6.07, 6.45) is 0.999. The summed E-state index contributed by atoms with van der Waals surface area (Å²) >= 11 is 17.6. The van der Waals surface area contributed by atoms with Gasteiger partial charge in [0, 0.05) is 11.3 Å². The summed E-state index contributed by atoms with van der Waals surface area (Å²) in [7, 11) is 0. The maximum absolute atomic E-state index is 12.5. The normalized spacial score (nSPS) is 11.7. The highest BCUT2D eigenvalue weighted by Gasteiger charge is 2.17. The number of benzene rings is 2. The monoisotopic (exact) mass is 446 g/mol. The maximum Gasteiger partial charge on any atom is 0.293 e. The summed E-state index contributed by atoms with van der Waals surface area (Å²) in [6, 6.07) is 16.4. The van der Waals surface area contributed by atoms with Crippen LogP contribution in [0.15, 0.2) is 59.0 Å². The Bertz CT molecular complexity index is 1050. The molecule has 1 aromatic heterocycles. The third kappa shape index (κ3) is 4.99. The molecule has 150 valence electrons. The van der Waals surface area contributed by atoms with Gasteiger partial charge in [-0.1, -0.05) is 61.3 Å². The molecule has 1 atom stereocenters. The van der Waals surface area contributed by atoms with E-state index in [4.69, 9.17) is 39.8 Å². The van der Waals surface area contributed by atoms with Gasteiger partial charge in [0.2, 0.25) is 0 Å². The van der Waals surface area contributed by atoms with Crippen LogP contribution in [-0.4, -0.2) is 11.0 Å². The van der Waals surface area contributed by atoms with Gasteiger partial charge in [0.05, 0.1) is 10.0 Å². The van der Waals surface area contributed by atoms with Gasteiger partial charge in [-0.25, -0.2) is 0 Å². The lowest BCUT2D eigenvalue weighted by atomic mass is 9.97. The molecule has 0 bridgehead atoms. The van der Waals surface area contributed by atoms with Gasteiger partial charge in [-0.15, -0.1) is 0 Å². The molecule has 2 N–H and O–H groups in total. The number of amides is 1. The van der Waals surface area contributed by atoms with Crippen molar-refractivity contribution < 1.29 is 9.21 Å².